The van der Waals surface area contributed by atoms with E-state index in [0.717, 1.165) is 11.1 Å². The van der Waals surface area contributed by atoms with Gasteiger partial charge in [0.05, 0.1) is 2.74 Å². The summed E-state index contributed by atoms with van der Waals surface area (Å²) >= 11 is 0. The summed E-state index contributed by atoms with van der Waals surface area (Å²) in [7, 11) is 0. The Morgan fingerprint density at radius 1 is 0.792 bits per heavy atom. The lowest BCUT2D eigenvalue weighted by Crippen LogP contribution is -2.01. The second-order valence-corrected chi connectivity index (χ2v) is 5.19. The topological polar surface area (TPSA) is 35.5 Å². The molecule has 0 aliphatic rings. The van der Waals surface area contributed by atoms with Gasteiger partial charge < -0.3 is 9.47 Å². The van der Waals surface area contributed by atoms with Gasteiger partial charge in [0.1, 0.15) is 19.5 Å². The zero-order valence-corrected chi connectivity index (χ0v) is 13.1. The molecule has 24 heavy (non-hydrogen) atoms. The number of hydrogen-bond donors (Lipinski definition) is 0. The van der Waals surface area contributed by atoms with E-state index in [9.17, 15) is 4.79 Å². The molecule has 120 valence electrons. The Morgan fingerprint density at radius 2 is 1.33 bits per heavy atom. The third-order valence-corrected chi connectivity index (χ3v) is 3.40. The zero-order chi connectivity index (χ0) is 18.4. The molecule has 0 aliphatic heterocycles. The van der Waals surface area contributed by atoms with E-state index < -0.39 is 0 Å². The van der Waals surface area contributed by atoms with Crippen LogP contribution in [-0.2, 0) is 13.2 Å². The maximum atomic E-state index is 11.2. The molecule has 3 nitrogen and oxygen atoms in total. The first kappa shape index (κ1) is 13.4. The molecule has 0 spiro atoms. The second kappa shape index (κ2) is 7.97. The van der Waals surface area contributed by atoms with Gasteiger partial charge in [0, 0.05) is 5.56 Å². The van der Waals surface area contributed by atoms with Gasteiger partial charge in [-0.15, -0.1) is 0 Å². The molecule has 0 aliphatic carbocycles. The van der Waals surface area contributed by atoms with Crippen LogP contribution in [-0.4, -0.2) is 6.29 Å². The van der Waals surface area contributed by atoms with Crippen LogP contribution in [0.1, 0.15) is 24.2 Å². The van der Waals surface area contributed by atoms with Crippen LogP contribution in [0.3, 0.4) is 0 Å². The standard InChI is InChI=1S/C21H18O3/c22-14-19-11-12-20(23-15-17-7-3-1-4-8-17)21(13-19)24-16-18-9-5-2-6-10-18/h1-14H,15-16H2/i12D,13D. The summed E-state index contributed by atoms with van der Waals surface area (Å²) in [5.41, 5.74) is 1.96. The number of aldehydes is 1. The van der Waals surface area contributed by atoms with E-state index >= 15 is 0 Å². The predicted octanol–water partition coefficient (Wildman–Crippen LogP) is 4.66. The highest BCUT2D eigenvalue weighted by atomic mass is 16.5. The van der Waals surface area contributed by atoms with Crippen molar-refractivity contribution in [3.63, 3.8) is 0 Å². The van der Waals surface area contributed by atoms with Gasteiger partial charge >= 0.3 is 0 Å². The van der Waals surface area contributed by atoms with E-state index in [4.69, 9.17) is 12.2 Å². The van der Waals surface area contributed by atoms with Gasteiger partial charge in [0.25, 0.3) is 0 Å². The highest BCUT2D eigenvalue weighted by molar-refractivity contribution is 5.76. The number of carbonyl (C=O) groups is 1. The summed E-state index contributed by atoms with van der Waals surface area (Å²) in [6.07, 6.45) is 0.552. The van der Waals surface area contributed by atoms with Crippen LogP contribution < -0.4 is 9.47 Å². The lowest BCUT2D eigenvalue weighted by Gasteiger charge is -2.13. The molecule has 0 bridgehead atoms. The van der Waals surface area contributed by atoms with Crippen LogP contribution in [0.5, 0.6) is 11.5 Å². The molecule has 0 N–H and O–H groups in total. The smallest absolute Gasteiger partial charge is 0.162 e. The lowest BCUT2D eigenvalue weighted by molar-refractivity contribution is 0.112. The summed E-state index contributed by atoms with van der Waals surface area (Å²) in [5.74, 6) is 0.278. The monoisotopic (exact) mass is 320 g/mol. The molecule has 0 fully saturated rings. The minimum absolute atomic E-state index is 0.0158. The van der Waals surface area contributed by atoms with Crippen LogP contribution in [0, 0.1) is 0 Å². The van der Waals surface area contributed by atoms with Crippen molar-refractivity contribution in [3.05, 3.63) is 95.5 Å². The van der Waals surface area contributed by atoms with Crippen molar-refractivity contribution in [3.8, 4) is 11.5 Å². The molecule has 0 heterocycles. The molecule has 3 aromatic carbocycles. The zero-order valence-electron chi connectivity index (χ0n) is 15.1. The van der Waals surface area contributed by atoms with Crippen molar-refractivity contribution >= 4 is 6.29 Å². The highest BCUT2D eigenvalue weighted by Gasteiger charge is 2.08. The minimum Gasteiger partial charge on any atom is -0.485 e. The fraction of sp³-hybridized carbons (Fsp3) is 0.0952. The fourth-order valence-electron chi connectivity index (χ4n) is 2.16. The third kappa shape index (κ3) is 4.23. The van der Waals surface area contributed by atoms with Crippen molar-refractivity contribution in [2.45, 2.75) is 13.2 Å². The number of hydrogen-bond acceptors (Lipinski definition) is 3. The molecular formula is C21H18O3. The summed E-state index contributed by atoms with van der Waals surface area (Å²) in [6, 6.07) is 20.3. The molecule has 3 rings (SSSR count). The van der Waals surface area contributed by atoms with Crippen molar-refractivity contribution < 1.29 is 17.0 Å². The first-order chi connectivity index (χ1) is 12.7. The molecule has 0 radical (unpaired) electrons. The number of benzene rings is 3. The van der Waals surface area contributed by atoms with Crippen LogP contribution in [0.15, 0.2) is 78.8 Å². The van der Waals surface area contributed by atoms with E-state index in [1.807, 2.05) is 60.7 Å². The van der Waals surface area contributed by atoms with E-state index in [1.165, 1.54) is 6.07 Å². The first-order valence-electron chi connectivity index (χ1n) is 8.62. The van der Waals surface area contributed by atoms with Crippen LogP contribution in [0.2, 0.25) is 0 Å². The summed E-state index contributed by atoms with van der Waals surface area (Å²) in [5, 5.41) is 0. The van der Waals surface area contributed by atoms with Crippen LogP contribution in [0.4, 0.5) is 0 Å². The minimum atomic E-state index is -0.0741. The average molecular weight is 320 g/mol. The van der Waals surface area contributed by atoms with Crippen molar-refractivity contribution in [1.82, 2.24) is 0 Å². The predicted molar refractivity (Wildman–Crippen MR) is 93.4 cm³/mol. The second-order valence-electron chi connectivity index (χ2n) is 5.19. The van der Waals surface area contributed by atoms with Crippen LogP contribution >= 0.6 is 0 Å². The third-order valence-electron chi connectivity index (χ3n) is 3.40. The van der Waals surface area contributed by atoms with E-state index in [0.29, 0.717) is 6.29 Å². The SMILES string of the molecule is [2H]c1cc(C=O)c([2H])c(OCc2ccccc2)c1OCc1ccccc1. The van der Waals surface area contributed by atoms with Gasteiger partial charge in [0.15, 0.2) is 11.5 Å². The average Bonchev–Trinajstić information content (AvgIpc) is 2.69. The van der Waals surface area contributed by atoms with E-state index in [1.54, 1.807) is 0 Å². The summed E-state index contributed by atoms with van der Waals surface area (Å²) < 4.78 is 27.9. The number of ether oxygens (including phenoxy) is 2. The quantitative estimate of drug-likeness (QED) is 0.594. The van der Waals surface area contributed by atoms with Gasteiger partial charge in [-0.3, -0.25) is 4.79 Å². The maximum Gasteiger partial charge on any atom is 0.162 e. The first-order valence-corrected chi connectivity index (χ1v) is 7.62. The molecule has 0 saturated carbocycles. The molecular weight excluding hydrogens is 300 g/mol. The van der Waals surface area contributed by atoms with Crippen molar-refractivity contribution in [2.24, 2.45) is 0 Å². The fourth-order valence-corrected chi connectivity index (χ4v) is 2.16. The van der Waals surface area contributed by atoms with Crippen LogP contribution in [0.25, 0.3) is 0 Å². The molecule has 3 aromatic rings. The Kier molecular flexibility index (Phi) is 4.44. The molecule has 3 heteroatoms. The van der Waals surface area contributed by atoms with Gasteiger partial charge in [-0.1, -0.05) is 60.7 Å². The van der Waals surface area contributed by atoms with Crippen molar-refractivity contribution in [1.29, 1.82) is 0 Å². The van der Waals surface area contributed by atoms with E-state index in [-0.39, 0.29) is 42.4 Å². The Morgan fingerprint density at radius 3 is 1.88 bits per heavy atom. The molecule has 0 atom stereocenters. The summed E-state index contributed by atoms with van der Waals surface area (Å²) in [4.78, 5) is 11.2. The Hall–Kier alpha value is -3.07. The van der Waals surface area contributed by atoms with Gasteiger partial charge in [-0.25, -0.2) is 0 Å². The molecule has 0 aromatic heterocycles. The van der Waals surface area contributed by atoms with E-state index in [2.05, 4.69) is 0 Å². The largest absolute Gasteiger partial charge is 0.485 e. The Labute approximate surface area is 144 Å². The molecule has 0 amide bonds. The van der Waals surface area contributed by atoms with Gasteiger partial charge in [-0.2, -0.15) is 0 Å². The van der Waals surface area contributed by atoms with Gasteiger partial charge in [0.2, 0.25) is 0 Å². The molecule has 0 saturated heterocycles. The number of rotatable bonds is 7. The maximum absolute atomic E-state index is 11.2. The Balaban J connectivity index is 1.88. The van der Waals surface area contributed by atoms with Gasteiger partial charge in [-0.05, 0) is 29.3 Å². The van der Waals surface area contributed by atoms with Crippen molar-refractivity contribution in [2.75, 3.05) is 0 Å². The summed E-state index contributed by atoms with van der Waals surface area (Å²) in [6.45, 7) is 0.463. The number of carbonyl (C=O) groups excluding carboxylic acids is 1. The molecule has 0 unspecified atom stereocenters. The highest BCUT2D eigenvalue weighted by Crippen LogP contribution is 2.29. The lowest BCUT2D eigenvalue weighted by atomic mass is 10.2. The Bertz CT molecular complexity index is 881. The normalized spacial score (nSPS) is 11.3.